The van der Waals surface area contributed by atoms with E-state index in [1.54, 1.807) is 48.2 Å². The highest BCUT2D eigenvalue weighted by Gasteiger charge is 2.63. The molecule has 2 aromatic carbocycles. The van der Waals surface area contributed by atoms with Gasteiger partial charge in [-0.1, -0.05) is 18.2 Å². The summed E-state index contributed by atoms with van der Waals surface area (Å²) in [6, 6.07) is 8.40. The molecule has 0 radical (unpaired) electrons. The maximum Gasteiger partial charge on any atom is 0.240 e. The van der Waals surface area contributed by atoms with Gasteiger partial charge in [0, 0.05) is 16.8 Å². The van der Waals surface area contributed by atoms with Crippen LogP contribution in [-0.2, 0) is 31.3 Å². The number of rotatable bonds is 5. The Bertz CT molecular complexity index is 1320. The molecule has 1 aliphatic heterocycles. The van der Waals surface area contributed by atoms with Crippen LogP contribution in [0.2, 0.25) is 0 Å². The molecule has 1 aliphatic carbocycles. The predicted molar refractivity (Wildman–Crippen MR) is 105 cm³/mol. The summed E-state index contributed by atoms with van der Waals surface area (Å²) in [5.74, 6) is 0. The van der Waals surface area contributed by atoms with E-state index in [0.717, 1.165) is 11.3 Å². The molecule has 9 nitrogen and oxygen atoms in total. The lowest BCUT2D eigenvalue weighted by atomic mass is 9.91. The lowest BCUT2D eigenvalue weighted by Crippen LogP contribution is -2.17. The van der Waals surface area contributed by atoms with Gasteiger partial charge in [0.1, 0.15) is 11.4 Å². The molecule has 4 rings (SSSR count). The van der Waals surface area contributed by atoms with E-state index in [4.69, 9.17) is 0 Å². The third-order valence-corrected chi connectivity index (χ3v) is 5.22. The third kappa shape index (κ3) is 2.54. The minimum absolute atomic E-state index is 0.167. The molecule has 0 aromatic heterocycles. The van der Waals surface area contributed by atoms with Crippen molar-refractivity contribution in [3.05, 3.63) is 58.8 Å². The molecule has 1 atom stereocenters. The van der Waals surface area contributed by atoms with Crippen molar-refractivity contribution in [2.75, 3.05) is 4.90 Å². The van der Waals surface area contributed by atoms with Crippen LogP contribution in [0.25, 0.3) is 0 Å². The minimum atomic E-state index is -1.13. The number of allylic oxidation sites excluding steroid dienone is 1. The first kappa shape index (κ1) is 18.8. The molecule has 1 fully saturated rings. The van der Waals surface area contributed by atoms with Gasteiger partial charge in [-0.2, -0.15) is 20.0 Å². The van der Waals surface area contributed by atoms with Gasteiger partial charge in [0.15, 0.2) is 0 Å². The Morgan fingerprint density at radius 3 is 2.33 bits per heavy atom. The molecule has 30 heavy (non-hydrogen) atoms. The zero-order valence-electron chi connectivity index (χ0n) is 15.5. The second kappa shape index (κ2) is 7.15. The van der Waals surface area contributed by atoms with E-state index < -0.39 is 5.66 Å². The molecule has 0 amide bonds. The number of hydrogen-bond acceptors (Lipinski definition) is 9. The van der Waals surface area contributed by atoms with E-state index >= 15 is 0 Å². The Labute approximate surface area is 169 Å². The van der Waals surface area contributed by atoms with Gasteiger partial charge in [-0.25, -0.2) is 19.2 Å². The summed E-state index contributed by atoms with van der Waals surface area (Å²) in [4.78, 5) is 60.6. The quantitative estimate of drug-likeness (QED) is 0.435. The Hall–Kier alpha value is -4.50. The maximum absolute atomic E-state index is 11.3. The summed E-state index contributed by atoms with van der Waals surface area (Å²) in [6.45, 7) is 1.70. The number of hydrogen-bond donors (Lipinski definition) is 0. The second-order valence-electron chi connectivity index (χ2n) is 6.49. The zero-order chi connectivity index (χ0) is 21.3. The van der Waals surface area contributed by atoms with E-state index in [0.29, 0.717) is 28.9 Å². The van der Waals surface area contributed by atoms with Gasteiger partial charge in [-0.05, 0) is 37.1 Å². The number of benzene rings is 2. The molecule has 1 unspecified atom stereocenters. The Kier molecular flexibility index (Phi) is 4.49. The molecular weight excluding hydrogens is 386 g/mol. The third-order valence-electron chi connectivity index (χ3n) is 5.22. The van der Waals surface area contributed by atoms with E-state index in [1.165, 1.54) is 18.2 Å². The zero-order valence-corrected chi connectivity index (χ0v) is 15.5. The summed E-state index contributed by atoms with van der Waals surface area (Å²) in [5, 5.41) is 0. The van der Waals surface area contributed by atoms with Crippen molar-refractivity contribution in [3.63, 3.8) is 0 Å². The maximum atomic E-state index is 11.3. The van der Waals surface area contributed by atoms with Crippen LogP contribution < -0.4 is 4.90 Å². The largest absolute Gasteiger partial charge is 0.306 e. The number of carbonyl (C=O) groups excluding carboxylic acids is 4. The molecule has 2 aliphatic rings. The standard InChI is InChI=1S/C21H11N5O4/c1-13-18(7-6-17(23-10-28)20(13)24-11-29)26-19-8-5-14-15(21(19,26)25-12-30)3-2-4-16(14)22-9-27/h2-4,6-8H,5H2,1H3. The van der Waals surface area contributed by atoms with E-state index in [2.05, 4.69) is 20.0 Å². The monoisotopic (exact) mass is 397 g/mol. The van der Waals surface area contributed by atoms with Crippen LogP contribution in [0.5, 0.6) is 0 Å². The van der Waals surface area contributed by atoms with Crippen molar-refractivity contribution in [3.8, 4) is 0 Å². The fourth-order valence-corrected chi connectivity index (χ4v) is 4.00. The molecule has 0 saturated carbocycles. The molecule has 2 aromatic rings. The highest BCUT2D eigenvalue weighted by atomic mass is 16.1. The van der Waals surface area contributed by atoms with Crippen molar-refractivity contribution in [1.82, 2.24) is 0 Å². The van der Waals surface area contributed by atoms with Gasteiger partial charge in [0.25, 0.3) is 0 Å². The van der Waals surface area contributed by atoms with Crippen molar-refractivity contribution in [2.45, 2.75) is 19.0 Å². The van der Waals surface area contributed by atoms with Crippen LogP contribution in [0.15, 0.2) is 62.1 Å². The molecule has 1 saturated heterocycles. The molecule has 144 valence electrons. The normalized spacial score (nSPS) is 17.6. The Morgan fingerprint density at radius 1 is 0.900 bits per heavy atom. The fraction of sp³-hybridized carbons (Fsp3) is 0.143. The smallest absolute Gasteiger partial charge is 0.240 e. The summed E-state index contributed by atoms with van der Waals surface area (Å²) in [5.41, 5.74) is 2.97. The number of anilines is 1. The average Bonchev–Trinajstić information content (AvgIpc) is 3.40. The summed E-state index contributed by atoms with van der Waals surface area (Å²) in [7, 11) is 0. The lowest BCUT2D eigenvalue weighted by molar-refractivity contribution is 0.557. The topological polar surface area (TPSA) is 121 Å². The first-order valence-electron chi connectivity index (χ1n) is 8.73. The van der Waals surface area contributed by atoms with Crippen LogP contribution in [0.1, 0.15) is 16.7 Å². The van der Waals surface area contributed by atoms with Crippen molar-refractivity contribution < 1.29 is 19.2 Å². The van der Waals surface area contributed by atoms with Gasteiger partial charge in [-0.3, -0.25) is 0 Å². The number of nitrogens with zero attached hydrogens (tertiary/aromatic N) is 5. The van der Waals surface area contributed by atoms with Gasteiger partial charge in [0.05, 0.1) is 11.4 Å². The van der Waals surface area contributed by atoms with E-state index in [1.807, 2.05) is 6.08 Å². The Morgan fingerprint density at radius 2 is 1.63 bits per heavy atom. The summed E-state index contributed by atoms with van der Waals surface area (Å²) in [6.07, 6.45) is 8.42. The van der Waals surface area contributed by atoms with Gasteiger partial charge < -0.3 is 4.90 Å². The van der Waals surface area contributed by atoms with Crippen LogP contribution in [0, 0.1) is 6.92 Å². The van der Waals surface area contributed by atoms with Crippen LogP contribution in [-0.4, -0.2) is 24.3 Å². The van der Waals surface area contributed by atoms with Crippen molar-refractivity contribution in [1.29, 1.82) is 0 Å². The highest BCUT2D eigenvalue weighted by Crippen LogP contribution is 2.62. The first-order valence-corrected chi connectivity index (χ1v) is 8.73. The number of fused-ring (bicyclic) bond motifs is 3. The van der Waals surface area contributed by atoms with Gasteiger partial charge in [-0.15, -0.1) is 0 Å². The lowest BCUT2D eigenvalue weighted by Gasteiger charge is -2.19. The van der Waals surface area contributed by atoms with E-state index in [-0.39, 0.29) is 11.4 Å². The van der Waals surface area contributed by atoms with Gasteiger partial charge in [0.2, 0.25) is 30.0 Å². The molecular formula is C21H11N5O4. The van der Waals surface area contributed by atoms with Crippen molar-refractivity contribution in [2.24, 2.45) is 20.0 Å². The van der Waals surface area contributed by atoms with E-state index in [9.17, 15) is 19.2 Å². The van der Waals surface area contributed by atoms with Crippen LogP contribution >= 0.6 is 0 Å². The van der Waals surface area contributed by atoms with Gasteiger partial charge >= 0.3 is 0 Å². The molecule has 0 spiro atoms. The second-order valence-corrected chi connectivity index (χ2v) is 6.49. The fourth-order valence-electron chi connectivity index (χ4n) is 4.00. The minimum Gasteiger partial charge on any atom is -0.306 e. The summed E-state index contributed by atoms with van der Waals surface area (Å²) >= 11 is 0. The highest BCUT2D eigenvalue weighted by molar-refractivity contribution is 5.86. The number of isocyanates is 4. The van der Waals surface area contributed by atoms with Crippen molar-refractivity contribution >= 4 is 47.1 Å². The SMILES string of the molecule is Cc1c(N2C3=CCc4c(N=C=O)cccc4C32N=C=O)ccc(N=C=O)c1N=C=O. The van der Waals surface area contributed by atoms with Crippen LogP contribution in [0.3, 0.4) is 0 Å². The Balaban J connectivity index is 1.95. The first-order chi connectivity index (χ1) is 14.6. The molecule has 0 bridgehead atoms. The molecule has 9 heteroatoms. The number of aliphatic imine (C=N–C) groups is 4. The molecule has 1 heterocycles. The average molecular weight is 397 g/mol. The van der Waals surface area contributed by atoms with Crippen LogP contribution in [0.4, 0.5) is 22.7 Å². The summed E-state index contributed by atoms with van der Waals surface area (Å²) < 4.78 is 0. The predicted octanol–water partition coefficient (Wildman–Crippen LogP) is 3.35. The molecule has 0 N–H and O–H groups in total.